The third-order valence-electron chi connectivity index (χ3n) is 8.19. The Morgan fingerprint density at radius 2 is 1.41 bits per heavy atom. The quantitative estimate of drug-likeness (QED) is 0.0758. The first-order valence-electron chi connectivity index (χ1n) is 15.7. The second-order valence-electron chi connectivity index (χ2n) is 11.6. The van der Waals surface area contributed by atoms with Gasteiger partial charge in [-0.15, -0.1) is 0 Å². The molecule has 6 rings (SSSR count). The van der Waals surface area contributed by atoms with E-state index < -0.39 is 39.4 Å². The first-order valence-corrected chi connectivity index (χ1v) is 17.2. The van der Waals surface area contributed by atoms with Crippen LogP contribution in [0.2, 0.25) is 5.02 Å². The lowest BCUT2D eigenvalue weighted by Gasteiger charge is -2.24. The number of anilines is 1. The molecular weight excluding hydrogens is 690 g/mol. The van der Waals surface area contributed by atoms with Gasteiger partial charge in [0, 0.05) is 18.1 Å². The Hall–Kier alpha value is -6.04. The van der Waals surface area contributed by atoms with Gasteiger partial charge in [0.15, 0.2) is 0 Å². The molecule has 0 saturated heterocycles. The van der Waals surface area contributed by atoms with Crippen LogP contribution in [-0.2, 0) is 28.7 Å². The van der Waals surface area contributed by atoms with Crippen LogP contribution in [0.1, 0.15) is 21.5 Å². The van der Waals surface area contributed by atoms with Crippen LogP contribution in [-0.4, -0.2) is 31.2 Å². The zero-order chi connectivity index (χ0) is 35.9. The number of hydrogen-bond acceptors (Lipinski definition) is 7. The van der Waals surface area contributed by atoms with E-state index in [4.69, 9.17) is 16.3 Å². The van der Waals surface area contributed by atoms with Gasteiger partial charge in [-0.25, -0.2) is 12.7 Å². The summed E-state index contributed by atoms with van der Waals surface area (Å²) in [5.41, 5.74) is 3.15. The van der Waals surface area contributed by atoms with Crippen molar-refractivity contribution in [1.29, 1.82) is 0 Å². The molecule has 0 saturated carbocycles. The highest BCUT2D eigenvalue weighted by atomic mass is 35.5. The van der Waals surface area contributed by atoms with E-state index in [1.54, 1.807) is 42.5 Å². The summed E-state index contributed by atoms with van der Waals surface area (Å²) >= 11 is 5.94. The van der Waals surface area contributed by atoms with Crippen LogP contribution >= 0.6 is 11.6 Å². The van der Waals surface area contributed by atoms with Gasteiger partial charge in [0.1, 0.15) is 23.4 Å². The van der Waals surface area contributed by atoms with E-state index in [-0.39, 0.29) is 22.7 Å². The highest BCUT2D eigenvalue weighted by Gasteiger charge is 2.31. The molecule has 0 aliphatic carbocycles. The fraction of sp³-hybridized carbons (Fsp3) is 0.0769. The van der Waals surface area contributed by atoms with Crippen LogP contribution in [0.5, 0.6) is 5.75 Å². The Morgan fingerprint density at radius 3 is 2.10 bits per heavy atom. The largest absolute Gasteiger partial charge is 0.489 e. The van der Waals surface area contributed by atoms with Crippen molar-refractivity contribution in [2.24, 2.45) is 0 Å². The first-order chi connectivity index (χ1) is 24.7. The Balaban J connectivity index is 1.22. The van der Waals surface area contributed by atoms with Crippen LogP contribution < -0.4 is 14.4 Å². The molecule has 1 atom stereocenters. The minimum Gasteiger partial charge on any atom is -0.489 e. The molecule has 0 aliphatic rings. The van der Waals surface area contributed by atoms with Gasteiger partial charge in [-0.3, -0.25) is 19.7 Å². The van der Waals surface area contributed by atoms with E-state index in [1.165, 1.54) is 6.07 Å². The number of thiol groups is 1. The second kappa shape index (κ2) is 15.7. The molecule has 0 aliphatic heterocycles. The van der Waals surface area contributed by atoms with Crippen LogP contribution in [0.25, 0.3) is 21.9 Å². The minimum atomic E-state index is -3.63. The van der Waals surface area contributed by atoms with E-state index in [0.717, 1.165) is 39.6 Å². The summed E-state index contributed by atoms with van der Waals surface area (Å²) in [5, 5.41) is 15.7. The van der Waals surface area contributed by atoms with Crippen LogP contribution in [0.15, 0.2) is 140 Å². The number of rotatable bonds is 12. The molecule has 256 valence electrons. The van der Waals surface area contributed by atoms with Crippen molar-refractivity contribution in [2.45, 2.75) is 19.1 Å². The zero-order valence-corrected chi connectivity index (χ0v) is 28.5. The van der Waals surface area contributed by atoms with E-state index in [0.29, 0.717) is 22.2 Å². The summed E-state index contributed by atoms with van der Waals surface area (Å²) in [6.45, 7) is 0.316. The van der Waals surface area contributed by atoms with E-state index in [1.807, 2.05) is 78.9 Å². The minimum absolute atomic E-state index is 0.102. The number of benzene rings is 6. The number of nitrogens with one attached hydrogen (secondary N) is 1. The van der Waals surface area contributed by atoms with Gasteiger partial charge in [0.05, 0.1) is 10.6 Å². The average Bonchev–Trinajstić information content (AvgIpc) is 3.15. The summed E-state index contributed by atoms with van der Waals surface area (Å²) < 4.78 is 31.4. The number of nitrogens with zero attached hydrogens (tertiary/aromatic N) is 2. The van der Waals surface area contributed by atoms with Gasteiger partial charge in [0.2, 0.25) is 10.9 Å². The van der Waals surface area contributed by atoms with Gasteiger partial charge < -0.3 is 10.1 Å². The van der Waals surface area contributed by atoms with Crippen molar-refractivity contribution < 1.29 is 27.7 Å². The number of carbonyl (C=O) groups is 2. The lowest BCUT2D eigenvalue weighted by molar-refractivity contribution is -0.384. The Kier molecular flexibility index (Phi) is 10.7. The van der Waals surface area contributed by atoms with E-state index in [9.17, 15) is 28.1 Å². The number of nitro groups is 1. The van der Waals surface area contributed by atoms with Crippen molar-refractivity contribution in [2.75, 3.05) is 4.31 Å². The molecule has 6 aromatic rings. The van der Waals surface area contributed by atoms with Gasteiger partial charge >= 0.3 is 0 Å². The number of carbonyl (C=O) groups excluding carboxylic acids is 2. The molecule has 12 heteroatoms. The number of nitro benzene ring substituents is 1. The number of hydrogen-bond donors (Lipinski definition) is 2. The molecule has 2 amide bonds. The normalized spacial score (nSPS) is 11.6. The number of halogens is 1. The Morgan fingerprint density at radius 1 is 0.765 bits per heavy atom. The summed E-state index contributed by atoms with van der Waals surface area (Å²) in [6.07, 6.45) is -0.102. The highest BCUT2D eigenvalue weighted by molar-refractivity contribution is 7.75. The summed E-state index contributed by atoms with van der Waals surface area (Å²) in [5.74, 6) is -1.07. The maximum atomic E-state index is 14.0. The topological polar surface area (TPSA) is 136 Å². The van der Waals surface area contributed by atoms with Crippen molar-refractivity contribution >= 4 is 56.5 Å². The first kappa shape index (κ1) is 34.8. The molecule has 1 N–H and O–H groups in total. The predicted molar refractivity (Wildman–Crippen MR) is 197 cm³/mol. The van der Waals surface area contributed by atoms with Crippen molar-refractivity contribution in [3.63, 3.8) is 0 Å². The molecule has 0 spiro atoms. The summed E-state index contributed by atoms with van der Waals surface area (Å²) in [4.78, 5) is 38.2. The van der Waals surface area contributed by atoms with Gasteiger partial charge in [-0.05, 0) is 69.4 Å². The van der Waals surface area contributed by atoms with Crippen LogP contribution in [0, 0.1) is 10.1 Å². The molecule has 0 fully saturated rings. The fourth-order valence-electron chi connectivity index (χ4n) is 5.54. The molecule has 10 nitrogen and oxygen atoms in total. The van der Waals surface area contributed by atoms with Crippen molar-refractivity contribution in [3.05, 3.63) is 171 Å². The van der Waals surface area contributed by atoms with Crippen LogP contribution in [0.4, 0.5) is 11.4 Å². The molecule has 6 aromatic carbocycles. The molecular formula is C39H30ClN3O7S. The molecule has 0 bridgehead atoms. The summed E-state index contributed by atoms with van der Waals surface area (Å²) in [6, 6.07) is 39.2. The lowest BCUT2D eigenvalue weighted by Crippen LogP contribution is -2.49. The van der Waals surface area contributed by atoms with Crippen LogP contribution in [0.3, 0.4) is 0 Å². The fourth-order valence-corrected chi connectivity index (χ4v) is 6.34. The molecule has 0 unspecified atom stereocenters. The molecule has 0 heterocycles. The van der Waals surface area contributed by atoms with Gasteiger partial charge in [-0.1, -0.05) is 109 Å². The monoisotopic (exact) mass is 719 g/mol. The number of ether oxygens (including phenoxy) is 1. The number of amides is 2. The third-order valence-corrected chi connectivity index (χ3v) is 9.26. The lowest BCUT2D eigenvalue weighted by atomic mass is 10.0. The van der Waals surface area contributed by atoms with Crippen molar-refractivity contribution in [3.8, 4) is 16.9 Å². The standard InChI is InChI=1S/C39H30ClN3O7S/c40-35-21-18-33(24-37(35)43(46)47)42(51(48)49)39(45)36(41-38(44)32-17-16-29-8-4-5-9-31(29)23-32)22-26-12-19-34(20-13-26)50-25-27-10-14-30(15-11-27)28-6-2-1-3-7-28/h1-21,23-24,36,51H,22,25H2,(H,41,44)/t36-/m0/s1. The molecule has 51 heavy (non-hydrogen) atoms. The third kappa shape index (κ3) is 8.41. The maximum Gasteiger partial charge on any atom is 0.289 e. The zero-order valence-electron chi connectivity index (χ0n) is 26.8. The Labute approximate surface area is 300 Å². The highest BCUT2D eigenvalue weighted by Crippen LogP contribution is 2.30. The predicted octanol–water partition coefficient (Wildman–Crippen LogP) is 7.55. The molecule has 0 radical (unpaired) electrons. The summed E-state index contributed by atoms with van der Waals surface area (Å²) in [7, 11) is -3.63. The van der Waals surface area contributed by atoms with E-state index >= 15 is 0 Å². The number of fused-ring (bicyclic) bond motifs is 1. The Bertz CT molecular complexity index is 2290. The van der Waals surface area contributed by atoms with Gasteiger partial charge in [0.25, 0.3) is 17.5 Å². The molecule has 0 aromatic heterocycles. The maximum absolute atomic E-state index is 14.0. The van der Waals surface area contributed by atoms with Gasteiger partial charge in [-0.2, -0.15) is 0 Å². The van der Waals surface area contributed by atoms with Crippen molar-refractivity contribution in [1.82, 2.24) is 5.32 Å². The SMILES string of the molecule is O=C(N[C@@H](Cc1ccc(OCc2ccc(-c3ccccc3)cc2)cc1)C(=O)N(c1ccc(Cl)c([N+](=O)[O-])c1)[SH](=O)=O)c1ccc2ccccc2c1. The second-order valence-corrected chi connectivity index (χ2v) is 12.9. The van der Waals surface area contributed by atoms with E-state index in [2.05, 4.69) is 5.32 Å². The smallest absolute Gasteiger partial charge is 0.289 e. The average molecular weight is 720 g/mol.